The molecule has 0 amide bonds. The molecule has 0 aliphatic carbocycles. The van der Waals surface area contributed by atoms with Crippen molar-refractivity contribution in [1.82, 2.24) is 4.98 Å². The Morgan fingerprint density at radius 3 is 1.42 bits per heavy atom. The lowest BCUT2D eigenvalue weighted by Crippen LogP contribution is -2.19. The lowest BCUT2D eigenvalue weighted by Gasteiger charge is -2.03. The first-order valence-corrected chi connectivity index (χ1v) is 5.64. The van der Waals surface area contributed by atoms with Gasteiger partial charge in [-0.15, -0.1) is 0 Å². The lowest BCUT2D eigenvalue weighted by atomic mass is 10.0. The fourth-order valence-corrected chi connectivity index (χ4v) is 2.73. The molecular formula is C14H5NO4. The van der Waals surface area contributed by atoms with E-state index in [1.54, 1.807) is 0 Å². The Bertz CT molecular complexity index is 1090. The fourth-order valence-electron chi connectivity index (χ4n) is 2.73. The average molecular weight is 251 g/mol. The summed E-state index contributed by atoms with van der Waals surface area (Å²) in [5, 5.41) is 2.00. The largest absolute Gasteiger partial charge is 0.288 e. The molecule has 5 heteroatoms. The number of hydrogen-bond donors (Lipinski definition) is 1. The third-order valence-electron chi connectivity index (χ3n) is 3.57. The third-order valence-corrected chi connectivity index (χ3v) is 3.57. The van der Waals surface area contributed by atoms with Gasteiger partial charge in [-0.3, -0.25) is 24.2 Å². The van der Waals surface area contributed by atoms with Crippen LogP contribution in [0.5, 0.6) is 0 Å². The first kappa shape index (κ1) is 10.1. The number of nitrogens with one attached hydrogen (secondary N) is 1. The maximum atomic E-state index is 11.8. The van der Waals surface area contributed by atoms with Crippen molar-refractivity contribution in [2.75, 3.05) is 0 Å². The van der Waals surface area contributed by atoms with Crippen molar-refractivity contribution in [3.05, 3.63) is 65.4 Å². The van der Waals surface area contributed by atoms with E-state index in [1.165, 1.54) is 24.3 Å². The first-order valence-electron chi connectivity index (χ1n) is 5.64. The van der Waals surface area contributed by atoms with E-state index in [4.69, 9.17) is 0 Å². The molecule has 0 unspecified atom stereocenters. The number of hydrogen-bond acceptors (Lipinski definition) is 4. The van der Waals surface area contributed by atoms with E-state index in [2.05, 4.69) is 4.98 Å². The molecule has 4 aromatic rings. The molecule has 0 saturated heterocycles. The summed E-state index contributed by atoms with van der Waals surface area (Å²) in [7, 11) is 0. The van der Waals surface area contributed by atoms with Gasteiger partial charge in [0, 0.05) is 32.3 Å². The van der Waals surface area contributed by atoms with Crippen LogP contribution in [0.15, 0.2) is 43.4 Å². The number of H-pyrrole nitrogens is 1. The Kier molecular flexibility index (Phi) is 1.57. The highest BCUT2D eigenvalue weighted by Gasteiger charge is 2.18. The second kappa shape index (κ2) is 2.95. The van der Waals surface area contributed by atoms with Crippen LogP contribution < -0.4 is 22.0 Å². The molecule has 0 aliphatic rings. The van der Waals surface area contributed by atoms with Gasteiger partial charge in [-0.2, -0.15) is 0 Å². The Morgan fingerprint density at radius 2 is 0.947 bits per heavy atom. The number of benzene rings is 2. The topological polar surface area (TPSA) is 84.1 Å². The smallest absolute Gasteiger partial charge is 0.258 e. The summed E-state index contributed by atoms with van der Waals surface area (Å²) in [6.07, 6.45) is 0. The Balaban J connectivity index is 2.65. The molecule has 90 valence electrons. The minimum atomic E-state index is -0.586. The van der Waals surface area contributed by atoms with E-state index < -0.39 is 22.0 Å². The van der Waals surface area contributed by atoms with Gasteiger partial charge in [0.05, 0.1) is 0 Å². The maximum absolute atomic E-state index is 11.8. The van der Waals surface area contributed by atoms with Gasteiger partial charge in [0.1, 0.15) is 0 Å². The zero-order chi connectivity index (χ0) is 13.3. The second-order valence-electron chi connectivity index (χ2n) is 4.51. The number of aromatic amines is 1. The predicted octanol–water partition coefficient (Wildman–Crippen LogP) is 0.228. The molecule has 0 saturated carbocycles. The molecule has 0 fully saturated rings. The van der Waals surface area contributed by atoms with E-state index in [-0.39, 0.29) is 10.8 Å². The van der Waals surface area contributed by atoms with Crippen LogP contribution in [-0.4, -0.2) is 4.98 Å². The van der Waals surface area contributed by atoms with Crippen molar-refractivity contribution >= 4 is 32.3 Å². The minimum absolute atomic E-state index is 0.267. The normalized spacial score (nSPS) is 12.0. The minimum Gasteiger partial charge on any atom is -0.288 e. The number of aromatic nitrogens is 1. The van der Waals surface area contributed by atoms with Crippen LogP contribution in [0.25, 0.3) is 32.3 Å². The SMILES string of the molecule is O=c1[nH]c(=O)c2ccc3c(=O)c(=O)c4ccc1c2c43. The van der Waals surface area contributed by atoms with Crippen molar-refractivity contribution < 1.29 is 0 Å². The van der Waals surface area contributed by atoms with Gasteiger partial charge in [0.25, 0.3) is 11.1 Å². The summed E-state index contributed by atoms with van der Waals surface area (Å²) in [4.78, 5) is 49.5. The molecular weight excluding hydrogens is 246 g/mol. The molecule has 0 spiro atoms. The molecule has 3 aromatic carbocycles. The maximum Gasteiger partial charge on any atom is 0.258 e. The van der Waals surface area contributed by atoms with Crippen molar-refractivity contribution in [2.24, 2.45) is 0 Å². The highest BCUT2D eigenvalue weighted by Crippen LogP contribution is 2.28. The van der Waals surface area contributed by atoms with Gasteiger partial charge in [-0.25, -0.2) is 0 Å². The molecule has 0 aliphatic heterocycles. The predicted molar refractivity (Wildman–Crippen MR) is 71.9 cm³/mol. The fraction of sp³-hybridized carbons (Fsp3) is 0. The van der Waals surface area contributed by atoms with Gasteiger partial charge in [0.15, 0.2) is 0 Å². The summed E-state index contributed by atoms with van der Waals surface area (Å²) >= 11 is 0. The molecule has 0 bridgehead atoms. The van der Waals surface area contributed by atoms with Gasteiger partial charge in [0.2, 0.25) is 10.9 Å². The third kappa shape index (κ3) is 1.01. The van der Waals surface area contributed by atoms with Crippen LogP contribution in [0.2, 0.25) is 0 Å². The van der Waals surface area contributed by atoms with Crippen LogP contribution in [0.1, 0.15) is 0 Å². The summed E-state index contributed by atoms with van der Waals surface area (Å²) in [6.45, 7) is 0. The highest BCUT2D eigenvalue weighted by atomic mass is 16.2. The van der Waals surface area contributed by atoms with Crippen molar-refractivity contribution in [3.63, 3.8) is 0 Å². The number of pyridine rings is 1. The van der Waals surface area contributed by atoms with Crippen LogP contribution >= 0.6 is 0 Å². The zero-order valence-electron chi connectivity index (χ0n) is 9.44. The summed E-state index contributed by atoms with van der Waals surface area (Å²) in [5.74, 6) is 0. The van der Waals surface area contributed by atoms with Crippen LogP contribution in [0.4, 0.5) is 0 Å². The standard InChI is InChI=1S/C14H5NO4/c16-11-5-1-3-7-10-8(14(19)15-13(7)18)4-2-6(9(5)10)12(11)17/h1-4H,(H,15,18,19). The number of rotatable bonds is 0. The first-order chi connectivity index (χ1) is 9.09. The van der Waals surface area contributed by atoms with Gasteiger partial charge >= 0.3 is 0 Å². The molecule has 1 N–H and O–H groups in total. The van der Waals surface area contributed by atoms with Crippen molar-refractivity contribution in [3.8, 4) is 0 Å². The monoisotopic (exact) mass is 251 g/mol. The van der Waals surface area contributed by atoms with Crippen LogP contribution in [-0.2, 0) is 0 Å². The van der Waals surface area contributed by atoms with Crippen molar-refractivity contribution in [2.45, 2.75) is 0 Å². The molecule has 19 heavy (non-hydrogen) atoms. The van der Waals surface area contributed by atoms with E-state index in [0.29, 0.717) is 21.5 Å². The van der Waals surface area contributed by atoms with Crippen molar-refractivity contribution in [1.29, 1.82) is 0 Å². The molecule has 0 radical (unpaired) electrons. The molecule has 0 atom stereocenters. The lowest BCUT2D eigenvalue weighted by molar-refractivity contribution is 1.22. The summed E-state index contributed by atoms with van der Waals surface area (Å²) in [5.41, 5.74) is -2.18. The van der Waals surface area contributed by atoms with E-state index in [9.17, 15) is 19.2 Å². The highest BCUT2D eigenvalue weighted by molar-refractivity contribution is 6.23. The van der Waals surface area contributed by atoms with E-state index >= 15 is 0 Å². The summed E-state index contributed by atoms with van der Waals surface area (Å²) < 4.78 is 0. The van der Waals surface area contributed by atoms with Crippen LogP contribution in [0, 0.1) is 0 Å². The van der Waals surface area contributed by atoms with Gasteiger partial charge in [-0.1, -0.05) is 0 Å². The van der Waals surface area contributed by atoms with E-state index in [0.717, 1.165) is 0 Å². The second-order valence-corrected chi connectivity index (χ2v) is 4.51. The summed E-state index contributed by atoms with van der Waals surface area (Å²) in [6, 6.07) is 5.88. The Labute approximate surface area is 103 Å². The molecule has 1 aromatic heterocycles. The Hall–Kier alpha value is -2.82. The zero-order valence-corrected chi connectivity index (χ0v) is 9.44. The van der Waals surface area contributed by atoms with Gasteiger partial charge in [-0.05, 0) is 24.3 Å². The van der Waals surface area contributed by atoms with Gasteiger partial charge < -0.3 is 0 Å². The van der Waals surface area contributed by atoms with E-state index in [1.807, 2.05) is 0 Å². The average Bonchev–Trinajstić information content (AvgIpc) is 2.65. The quantitative estimate of drug-likeness (QED) is 0.453. The molecule has 5 nitrogen and oxygen atoms in total. The molecule has 1 heterocycles. The van der Waals surface area contributed by atoms with Crippen LogP contribution in [0.3, 0.4) is 0 Å². The Morgan fingerprint density at radius 1 is 0.579 bits per heavy atom. The molecule has 4 rings (SSSR count).